The molecule has 1 aromatic heterocycles. The highest BCUT2D eigenvalue weighted by atomic mass is 19.1. The molecule has 0 unspecified atom stereocenters. The zero-order valence-electron chi connectivity index (χ0n) is 11.3. The number of aromatic nitrogens is 1. The van der Waals surface area contributed by atoms with Crippen LogP contribution in [0.5, 0.6) is 5.75 Å². The lowest BCUT2D eigenvalue weighted by molar-refractivity contribution is 0.413. The van der Waals surface area contributed by atoms with Crippen molar-refractivity contribution in [3.05, 3.63) is 68.9 Å². The Morgan fingerprint density at radius 2 is 1.86 bits per heavy atom. The molecule has 5 nitrogen and oxygen atoms in total. The summed E-state index contributed by atoms with van der Waals surface area (Å²) < 4.78 is 37.3. The highest BCUT2D eigenvalue weighted by molar-refractivity contribution is 5.77. The van der Waals surface area contributed by atoms with Gasteiger partial charge >= 0.3 is 5.76 Å². The molecule has 112 valence electrons. The zero-order chi connectivity index (χ0) is 15.9. The normalized spacial score (nSPS) is 10.9. The Morgan fingerprint density at radius 3 is 2.55 bits per heavy atom. The molecular formula is C15H9F2NO4. The molecule has 0 bridgehead atoms. The van der Waals surface area contributed by atoms with Gasteiger partial charge in [0.15, 0.2) is 0 Å². The molecule has 22 heavy (non-hydrogen) atoms. The van der Waals surface area contributed by atoms with Crippen molar-refractivity contribution in [3.8, 4) is 11.4 Å². The van der Waals surface area contributed by atoms with Crippen LogP contribution in [-0.4, -0.2) is 11.7 Å². The molecule has 0 spiro atoms. The van der Waals surface area contributed by atoms with E-state index in [0.717, 1.165) is 12.1 Å². The van der Waals surface area contributed by atoms with Crippen molar-refractivity contribution in [1.29, 1.82) is 0 Å². The predicted octanol–water partition coefficient (Wildman–Crippen LogP) is 2.23. The van der Waals surface area contributed by atoms with E-state index in [-0.39, 0.29) is 16.7 Å². The minimum absolute atomic E-state index is 0.0214. The van der Waals surface area contributed by atoms with Gasteiger partial charge in [0.2, 0.25) is 0 Å². The first-order valence-electron chi connectivity index (χ1n) is 6.20. The Bertz CT molecular complexity index is 991. The molecule has 3 rings (SSSR count). The lowest BCUT2D eigenvalue weighted by Gasteiger charge is -2.07. The molecular weight excluding hydrogens is 296 g/mol. The highest BCUT2D eigenvalue weighted by Crippen LogP contribution is 2.18. The maximum atomic E-state index is 13.8. The molecule has 0 saturated carbocycles. The van der Waals surface area contributed by atoms with Crippen LogP contribution in [0.3, 0.4) is 0 Å². The summed E-state index contributed by atoms with van der Waals surface area (Å²) in [6.07, 6.45) is 0. The first kappa shape index (κ1) is 14.0. The molecule has 1 heterocycles. The van der Waals surface area contributed by atoms with Crippen LogP contribution < -0.4 is 16.1 Å². The summed E-state index contributed by atoms with van der Waals surface area (Å²) in [6.45, 7) is 0. The summed E-state index contributed by atoms with van der Waals surface area (Å²) in [7, 11) is 1.42. The van der Waals surface area contributed by atoms with Gasteiger partial charge in [0.1, 0.15) is 23.0 Å². The lowest BCUT2D eigenvalue weighted by atomic mass is 10.2. The number of hydrogen-bond donors (Lipinski definition) is 0. The average molecular weight is 305 g/mol. The Hall–Kier alpha value is -2.96. The van der Waals surface area contributed by atoms with Crippen molar-refractivity contribution < 1.29 is 17.9 Å². The SMILES string of the molecule is COc1ccc2c(=O)n(-c3ccc(F)cc3F)c(=O)oc2c1. The molecule has 0 fully saturated rings. The van der Waals surface area contributed by atoms with Gasteiger partial charge in [-0.3, -0.25) is 4.79 Å². The summed E-state index contributed by atoms with van der Waals surface area (Å²) >= 11 is 0. The Kier molecular flexibility index (Phi) is 3.25. The van der Waals surface area contributed by atoms with Gasteiger partial charge in [-0.15, -0.1) is 0 Å². The van der Waals surface area contributed by atoms with Crippen molar-refractivity contribution >= 4 is 11.0 Å². The number of halogens is 2. The topological polar surface area (TPSA) is 61.4 Å². The van der Waals surface area contributed by atoms with Gasteiger partial charge in [0.05, 0.1) is 18.2 Å². The van der Waals surface area contributed by atoms with E-state index in [4.69, 9.17) is 9.15 Å². The van der Waals surface area contributed by atoms with Crippen molar-refractivity contribution in [3.63, 3.8) is 0 Å². The molecule has 0 aliphatic heterocycles. The van der Waals surface area contributed by atoms with Crippen molar-refractivity contribution in [1.82, 2.24) is 4.57 Å². The minimum atomic E-state index is -1.07. The number of fused-ring (bicyclic) bond motifs is 1. The molecule has 0 atom stereocenters. The summed E-state index contributed by atoms with van der Waals surface area (Å²) in [4.78, 5) is 24.4. The molecule has 0 aliphatic carbocycles. The standard InChI is InChI=1S/C15H9F2NO4/c1-21-9-3-4-10-13(7-9)22-15(20)18(14(10)19)12-5-2-8(16)6-11(12)17/h2-7H,1H3. The third-order valence-electron chi connectivity index (χ3n) is 3.15. The third kappa shape index (κ3) is 2.16. The predicted molar refractivity (Wildman–Crippen MR) is 74.5 cm³/mol. The second-order valence-electron chi connectivity index (χ2n) is 4.47. The smallest absolute Gasteiger partial charge is 0.427 e. The summed E-state index contributed by atoms with van der Waals surface area (Å²) in [5, 5.41) is 0.0733. The second-order valence-corrected chi connectivity index (χ2v) is 4.47. The van der Waals surface area contributed by atoms with Gasteiger partial charge in [-0.2, -0.15) is 0 Å². The highest BCUT2D eigenvalue weighted by Gasteiger charge is 2.15. The van der Waals surface area contributed by atoms with Gasteiger partial charge < -0.3 is 9.15 Å². The van der Waals surface area contributed by atoms with Crippen LogP contribution in [-0.2, 0) is 0 Å². The van der Waals surface area contributed by atoms with Gasteiger partial charge in [-0.25, -0.2) is 18.1 Å². The maximum absolute atomic E-state index is 13.8. The van der Waals surface area contributed by atoms with E-state index >= 15 is 0 Å². The number of hydrogen-bond acceptors (Lipinski definition) is 4. The molecule has 2 aromatic carbocycles. The number of ether oxygens (including phenoxy) is 1. The van der Waals surface area contributed by atoms with Crippen molar-refractivity contribution in [2.24, 2.45) is 0 Å². The van der Waals surface area contributed by atoms with Gasteiger partial charge in [0, 0.05) is 12.1 Å². The summed E-state index contributed by atoms with van der Waals surface area (Å²) in [5.74, 6) is -2.52. The van der Waals surface area contributed by atoms with E-state index in [1.807, 2.05) is 0 Å². The number of benzene rings is 2. The maximum Gasteiger partial charge on any atom is 0.427 e. The van der Waals surface area contributed by atoms with Crippen LogP contribution in [0, 0.1) is 11.6 Å². The Balaban J connectivity index is 2.36. The van der Waals surface area contributed by atoms with Crippen LogP contribution in [0.2, 0.25) is 0 Å². The van der Waals surface area contributed by atoms with Gasteiger partial charge in [0.25, 0.3) is 5.56 Å². The fraction of sp³-hybridized carbons (Fsp3) is 0.0667. The van der Waals surface area contributed by atoms with Crippen LogP contribution in [0.15, 0.2) is 50.4 Å². The Labute approximate surface area is 122 Å². The fourth-order valence-corrected chi connectivity index (χ4v) is 2.10. The number of methoxy groups -OCH3 is 1. The number of nitrogens with zero attached hydrogens (tertiary/aromatic N) is 1. The molecule has 0 saturated heterocycles. The molecule has 0 radical (unpaired) electrons. The van der Waals surface area contributed by atoms with E-state index < -0.39 is 22.9 Å². The monoisotopic (exact) mass is 305 g/mol. The van der Waals surface area contributed by atoms with Crippen molar-refractivity contribution in [2.75, 3.05) is 7.11 Å². The lowest BCUT2D eigenvalue weighted by Crippen LogP contribution is -2.31. The van der Waals surface area contributed by atoms with E-state index in [9.17, 15) is 18.4 Å². The Morgan fingerprint density at radius 1 is 1.09 bits per heavy atom. The average Bonchev–Trinajstić information content (AvgIpc) is 2.48. The summed E-state index contributed by atoms with van der Waals surface area (Å²) in [6, 6.07) is 6.82. The van der Waals surface area contributed by atoms with E-state index in [1.165, 1.54) is 25.3 Å². The fourth-order valence-electron chi connectivity index (χ4n) is 2.10. The molecule has 0 aliphatic rings. The first-order chi connectivity index (χ1) is 10.5. The van der Waals surface area contributed by atoms with Crippen LogP contribution in [0.25, 0.3) is 16.7 Å². The minimum Gasteiger partial charge on any atom is -0.497 e. The first-order valence-corrected chi connectivity index (χ1v) is 6.20. The van der Waals surface area contributed by atoms with Crippen LogP contribution in [0.1, 0.15) is 0 Å². The second kappa shape index (κ2) is 5.10. The zero-order valence-corrected chi connectivity index (χ0v) is 11.3. The van der Waals surface area contributed by atoms with Crippen LogP contribution in [0.4, 0.5) is 8.78 Å². The van der Waals surface area contributed by atoms with Gasteiger partial charge in [-0.1, -0.05) is 0 Å². The van der Waals surface area contributed by atoms with E-state index in [1.54, 1.807) is 0 Å². The van der Waals surface area contributed by atoms with Crippen LogP contribution >= 0.6 is 0 Å². The quantitative estimate of drug-likeness (QED) is 0.728. The number of rotatable bonds is 2. The van der Waals surface area contributed by atoms with E-state index in [0.29, 0.717) is 16.4 Å². The third-order valence-corrected chi connectivity index (χ3v) is 3.15. The molecule has 7 heteroatoms. The largest absolute Gasteiger partial charge is 0.497 e. The van der Waals surface area contributed by atoms with Crippen molar-refractivity contribution in [2.45, 2.75) is 0 Å². The van der Waals surface area contributed by atoms with Gasteiger partial charge in [-0.05, 0) is 24.3 Å². The molecule has 3 aromatic rings. The van der Waals surface area contributed by atoms with E-state index in [2.05, 4.69) is 0 Å². The molecule has 0 amide bonds. The summed E-state index contributed by atoms with van der Waals surface area (Å²) in [5.41, 5.74) is -1.12. The molecule has 0 N–H and O–H groups in total.